The molecule has 5 heteroatoms. The van der Waals surface area contributed by atoms with E-state index in [9.17, 15) is 4.79 Å². The van der Waals surface area contributed by atoms with E-state index in [1.165, 1.54) is 7.11 Å². The summed E-state index contributed by atoms with van der Waals surface area (Å²) >= 11 is 0. The van der Waals surface area contributed by atoms with Gasteiger partial charge in [-0.05, 0) is 36.4 Å². The molecule has 0 saturated carbocycles. The Labute approximate surface area is 139 Å². The first kappa shape index (κ1) is 15.6. The summed E-state index contributed by atoms with van der Waals surface area (Å²) in [6, 6.07) is 20.4. The minimum Gasteiger partial charge on any atom is -0.465 e. The predicted octanol–water partition coefficient (Wildman–Crippen LogP) is 4.18. The van der Waals surface area contributed by atoms with Crippen LogP contribution in [0.15, 0.2) is 76.2 Å². The maximum Gasteiger partial charge on any atom is 0.337 e. The standard InChI is InChI=1S/C19H16N2O3/c1-23-19(22)15-9-7-14(8-10-15)18-12-11-17(24-18)13-20-21-16-5-3-2-4-6-16/h2-13,21H,1H3/b20-13-. The van der Waals surface area contributed by atoms with Gasteiger partial charge in [-0.15, -0.1) is 0 Å². The molecule has 0 aliphatic heterocycles. The topological polar surface area (TPSA) is 63.8 Å². The number of anilines is 1. The molecule has 1 heterocycles. The molecule has 0 amide bonds. The molecule has 3 rings (SSSR count). The predicted molar refractivity (Wildman–Crippen MR) is 93.1 cm³/mol. The van der Waals surface area contributed by atoms with Gasteiger partial charge in [0.1, 0.15) is 11.5 Å². The van der Waals surface area contributed by atoms with E-state index in [1.807, 2.05) is 54.6 Å². The summed E-state index contributed by atoms with van der Waals surface area (Å²) in [4.78, 5) is 11.4. The van der Waals surface area contributed by atoms with E-state index in [1.54, 1.807) is 18.3 Å². The number of para-hydroxylation sites is 1. The van der Waals surface area contributed by atoms with Gasteiger partial charge in [0.2, 0.25) is 0 Å². The van der Waals surface area contributed by atoms with Crippen molar-refractivity contribution in [2.24, 2.45) is 5.10 Å². The van der Waals surface area contributed by atoms with Crippen molar-refractivity contribution in [3.63, 3.8) is 0 Å². The van der Waals surface area contributed by atoms with Crippen LogP contribution in [0.2, 0.25) is 0 Å². The Morgan fingerprint density at radius 1 is 1.04 bits per heavy atom. The maximum absolute atomic E-state index is 11.4. The Balaban J connectivity index is 1.68. The second-order valence-electron chi connectivity index (χ2n) is 5.01. The fourth-order valence-electron chi connectivity index (χ4n) is 2.15. The molecule has 5 nitrogen and oxygen atoms in total. The zero-order chi connectivity index (χ0) is 16.8. The van der Waals surface area contributed by atoms with E-state index in [0.717, 1.165) is 11.3 Å². The van der Waals surface area contributed by atoms with Crippen LogP contribution in [0, 0.1) is 0 Å². The SMILES string of the molecule is COC(=O)c1ccc(-c2ccc(/C=N\Nc3ccccc3)o2)cc1. The molecular formula is C19H16N2O3. The third kappa shape index (κ3) is 3.70. The average molecular weight is 320 g/mol. The van der Waals surface area contributed by atoms with Gasteiger partial charge >= 0.3 is 5.97 Å². The molecule has 3 aromatic rings. The molecule has 1 N–H and O–H groups in total. The highest BCUT2D eigenvalue weighted by Crippen LogP contribution is 2.22. The number of carbonyl (C=O) groups is 1. The van der Waals surface area contributed by atoms with Crippen molar-refractivity contribution in [1.29, 1.82) is 0 Å². The van der Waals surface area contributed by atoms with Gasteiger partial charge < -0.3 is 9.15 Å². The average Bonchev–Trinajstić information content (AvgIpc) is 3.11. The third-order valence-electron chi connectivity index (χ3n) is 3.38. The first-order valence-electron chi connectivity index (χ1n) is 7.39. The van der Waals surface area contributed by atoms with Crippen molar-refractivity contribution in [1.82, 2.24) is 0 Å². The molecule has 0 spiro atoms. The molecule has 0 unspecified atom stereocenters. The van der Waals surface area contributed by atoms with Crippen molar-refractivity contribution >= 4 is 17.9 Å². The van der Waals surface area contributed by atoms with Crippen LogP contribution in [0.1, 0.15) is 16.1 Å². The molecule has 24 heavy (non-hydrogen) atoms. The fourth-order valence-corrected chi connectivity index (χ4v) is 2.15. The first-order chi connectivity index (χ1) is 11.8. The minimum atomic E-state index is -0.360. The Morgan fingerprint density at radius 3 is 2.50 bits per heavy atom. The molecule has 0 saturated heterocycles. The molecule has 2 aromatic carbocycles. The number of ether oxygens (including phenoxy) is 1. The summed E-state index contributed by atoms with van der Waals surface area (Å²) in [5, 5.41) is 4.14. The number of methoxy groups -OCH3 is 1. The van der Waals surface area contributed by atoms with Crippen LogP contribution in [0.4, 0.5) is 5.69 Å². The number of nitrogens with zero attached hydrogens (tertiary/aromatic N) is 1. The van der Waals surface area contributed by atoms with Gasteiger partial charge in [0, 0.05) is 5.56 Å². The number of hydrazone groups is 1. The molecular weight excluding hydrogens is 304 g/mol. The maximum atomic E-state index is 11.4. The summed E-state index contributed by atoms with van der Waals surface area (Å²) in [7, 11) is 1.36. The van der Waals surface area contributed by atoms with E-state index >= 15 is 0 Å². The summed E-state index contributed by atoms with van der Waals surface area (Å²) < 4.78 is 10.4. The molecule has 120 valence electrons. The van der Waals surface area contributed by atoms with E-state index in [0.29, 0.717) is 17.1 Å². The lowest BCUT2D eigenvalue weighted by atomic mass is 10.1. The summed E-state index contributed by atoms with van der Waals surface area (Å²) in [6.07, 6.45) is 1.61. The largest absolute Gasteiger partial charge is 0.465 e. The molecule has 0 aliphatic carbocycles. The van der Waals surface area contributed by atoms with E-state index in [-0.39, 0.29) is 5.97 Å². The monoisotopic (exact) mass is 320 g/mol. The van der Waals surface area contributed by atoms with Crippen LogP contribution in [-0.4, -0.2) is 19.3 Å². The van der Waals surface area contributed by atoms with Crippen LogP contribution in [0.25, 0.3) is 11.3 Å². The molecule has 0 atom stereocenters. The van der Waals surface area contributed by atoms with Crippen molar-refractivity contribution < 1.29 is 13.9 Å². The lowest BCUT2D eigenvalue weighted by molar-refractivity contribution is 0.0601. The summed E-state index contributed by atoms with van der Waals surface area (Å²) in [6.45, 7) is 0. The number of hydrogen-bond acceptors (Lipinski definition) is 5. The van der Waals surface area contributed by atoms with E-state index < -0.39 is 0 Å². The summed E-state index contributed by atoms with van der Waals surface area (Å²) in [5.74, 6) is 0.971. The highest BCUT2D eigenvalue weighted by molar-refractivity contribution is 5.89. The third-order valence-corrected chi connectivity index (χ3v) is 3.38. The number of esters is 1. The Kier molecular flexibility index (Phi) is 4.72. The molecule has 0 fully saturated rings. The first-order valence-corrected chi connectivity index (χ1v) is 7.39. The van der Waals surface area contributed by atoms with Crippen molar-refractivity contribution in [3.8, 4) is 11.3 Å². The van der Waals surface area contributed by atoms with Gasteiger partial charge in [0.05, 0.1) is 24.6 Å². The van der Waals surface area contributed by atoms with Crippen LogP contribution >= 0.6 is 0 Å². The Morgan fingerprint density at radius 2 is 1.79 bits per heavy atom. The fraction of sp³-hybridized carbons (Fsp3) is 0.0526. The number of hydrogen-bond donors (Lipinski definition) is 1. The molecule has 1 aromatic heterocycles. The highest BCUT2D eigenvalue weighted by Gasteiger charge is 2.07. The Bertz CT molecular complexity index is 837. The molecule has 0 aliphatic rings. The van der Waals surface area contributed by atoms with Gasteiger partial charge in [-0.2, -0.15) is 5.10 Å². The lowest BCUT2D eigenvalue weighted by Gasteiger charge is -2.00. The smallest absolute Gasteiger partial charge is 0.337 e. The number of nitrogens with one attached hydrogen (secondary N) is 1. The number of carbonyl (C=O) groups excluding carboxylic acids is 1. The van der Waals surface area contributed by atoms with Gasteiger partial charge in [-0.3, -0.25) is 5.43 Å². The van der Waals surface area contributed by atoms with Gasteiger partial charge in [-0.25, -0.2) is 4.79 Å². The van der Waals surface area contributed by atoms with Gasteiger partial charge in [-0.1, -0.05) is 30.3 Å². The van der Waals surface area contributed by atoms with E-state index in [2.05, 4.69) is 15.3 Å². The van der Waals surface area contributed by atoms with Crippen molar-refractivity contribution in [3.05, 3.63) is 78.1 Å². The molecule has 0 radical (unpaired) electrons. The second-order valence-corrected chi connectivity index (χ2v) is 5.01. The van der Waals surface area contributed by atoms with Crippen molar-refractivity contribution in [2.45, 2.75) is 0 Å². The number of benzene rings is 2. The normalized spacial score (nSPS) is 10.7. The van der Waals surface area contributed by atoms with Crippen LogP contribution in [0.5, 0.6) is 0 Å². The van der Waals surface area contributed by atoms with Crippen LogP contribution < -0.4 is 5.43 Å². The second kappa shape index (κ2) is 7.28. The highest BCUT2D eigenvalue weighted by atomic mass is 16.5. The van der Waals surface area contributed by atoms with E-state index in [4.69, 9.17) is 4.42 Å². The van der Waals surface area contributed by atoms with Crippen LogP contribution in [-0.2, 0) is 4.74 Å². The van der Waals surface area contributed by atoms with Gasteiger partial charge in [0.25, 0.3) is 0 Å². The Hall–Kier alpha value is -3.34. The lowest BCUT2D eigenvalue weighted by Crippen LogP contribution is -2.00. The van der Waals surface area contributed by atoms with Crippen LogP contribution in [0.3, 0.4) is 0 Å². The quantitative estimate of drug-likeness (QED) is 0.435. The number of rotatable bonds is 5. The molecule has 0 bridgehead atoms. The minimum absolute atomic E-state index is 0.360. The van der Waals surface area contributed by atoms with Crippen molar-refractivity contribution in [2.75, 3.05) is 12.5 Å². The van der Waals surface area contributed by atoms with Gasteiger partial charge in [0.15, 0.2) is 0 Å². The summed E-state index contributed by atoms with van der Waals surface area (Å²) in [5.41, 5.74) is 5.20. The zero-order valence-electron chi connectivity index (χ0n) is 13.1. The zero-order valence-corrected chi connectivity index (χ0v) is 13.1. The number of furan rings is 1.